The van der Waals surface area contributed by atoms with E-state index >= 15 is 0 Å². The number of aliphatic hydroxyl groups excluding tert-OH is 1. The highest BCUT2D eigenvalue weighted by Gasteiger charge is 2.69. The van der Waals surface area contributed by atoms with E-state index in [1.54, 1.807) is 12.5 Å². The van der Waals surface area contributed by atoms with Crippen molar-refractivity contribution in [3.63, 3.8) is 0 Å². The van der Waals surface area contributed by atoms with Crippen LogP contribution in [-0.2, 0) is 0 Å². The van der Waals surface area contributed by atoms with Gasteiger partial charge >= 0.3 is 0 Å². The average molecular weight is 1390 g/mol. The molecule has 3 rings (SSSR count). The molecule has 1 aliphatic rings. The maximum atomic E-state index is 10.5. The predicted molar refractivity (Wildman–Crippen MR) is 669 cm³/mol. The molecule has 1 N–H and O–H groups in total. The molecule has 0 aromatic carbocycles. The zero-order valence-electron chi connectivity index (χ0n) is 70.4. The Hall–Kier alpha value is 5.63. The number of nitrogens with zero attached hydrogens (tertiary/aromatic N) is 2. The Morgan fingerprint density at radius 3 is 0.631 bits per heavy atom. The number of pyridine rings is 1. The number of hydrogen-bond donors (Lipinski definition) is 1. The van der Waals surface area contributed by atoms with Crippen LogP contribution in [0.4, 0.5) is 0 Å². The molecular weight excluding hydrogens is 1370 g/mol. The van der Waals surface area contributed by atoms with Crippen molar-refractivity contribution >= 4 is 746 Å². The van der Waals surface area contributed by atoms with E-state index in [2.05, 4.69) is 4.98 Å². The van der Waals surface area contributed by atoms with Crippen molar-refractivity contribution in [2.75, 3.05) is 0 Å². The molecule has 0 saturated heterocycles. The van der Waals surface area contributed by atoms with Crippen molar-refractivity contribution < 1.29 is 5.11 Å². The summed E-state index contributed by atoms with van der Waals surface area (Å²) in [6.07, 6.45) is -83.9. The van der Waals surface area contributed by atoms with Crippen molar-refractivity contribution in [1.29, 1.82) is 0 Å². The van der Waals surface area contributed by atoms with Gasteiger partial charge in [0.25, 0.3) is 0 Å². The van der Waals surface area contributed by atoms with Crippen molar-refractivity contribution in [2.24, 2.45) is 5.92 Å². The molecule has 1 fully saturated rings. The highest BCUT2D eigenvalue weighted by atomic mass is 35.5. The van der Waals surface area contributed by atoms with Gasteiger partial charge < -0.3 is 9.51 Å². The van der Waals surface area contributed by atoms with Gasteiger partial charge in [-0.15, -0.1) is 0 Å². The molecule has 0 bridgehead atoms. The third-order valence-electron chi connectivity index (χ3n) is 26.2. The quantitative estimate of drug-likeness (QED) is 0.0670. The highest BCUT2D eigenvalue weighted by molar-refractivity contribution is 8.44. The Morgan fingerprint density at radius 1 is 0.287 bits per heavy atom. The van der Waals surface area contributed by atoms with Crippen LogP contribution in [0.2, 0.25) is 5.02 Å². The minimum atomic E-state index is -2.36. The first-order valence-corrected chi connectivity index (χ1v) is 41.4. The molecule has 2 heterocycles. The van der Waals surface area contributed by atoms with Gasteiger partial charge in [-0.3, -0.25) is 0 Å². The van der Waals surface area contributed by atoms with Gasteiger partial charge in [-0.25, -0.2) is 4.98 Å². The standard InChI is InChI=1S/C15H19ClN2O.B103/c16-12-7-13(14-8-17-10-18(14)9-12)15(19)6-11-4-2-1-3-5-11;1-53-79(52)92(78(50)51)99(93(80(54(2)3)55(4)5)81(56(6)7)57(8)9)102(98(90(74(42)43)75(44)45)91(76(46)47)77(48)49)103(100(94(82(58(10)11)59(12)13)83(60(14)15)61(16)17)95(84(62(18)19)63(20)21)85(64(22)23)65(24)25)101(96(86(66(26)27)67(28)29)87(68(30)31)69(32)33)97(88(70(34)35)71(36)37)89(72(38)39)73(40)41/h7-11,15,19H,1-6H2;. The Bertz CT molecular complexity index is 2710. The van der Waals surface area contributed by atoms with E-state index < -0.39 is 325 Å². The third kappa shape index (κ3) is 33.4. The summed E-state index contributed by atoms with van der Waals surface area (Å²) in [5.41, 5.74) is 1.85. The van der Waals surface area contributed by atoms with Crippen LogP contribution < -0.4 is 0 Å². The Balaban J connectivity index is 0.00000228. The molecule has 107 heteroatoms. The van der Waals surface area contributed by atoms with E-state index in [1.807, 2.05) is 16.7 Å². The van der Waals surface area contributed by atoms with Gasteiger partial charge in [0, 0.05) is 740 Å². The molecule has 411 valence electrons. The topological polar surface area (TPSA) is 37.5 Å². The Kier molecular flexibility index (Phi) is 58.8. The number of hydrogen-bond acceptors (Lipinski definition) is 2. The number of aliphatic hydroxyl groups is 1. The van der Waals surface area contributed by atoms with Crippen LogP contribution in [0.15, 0.2) is 24.8 Å². The molecule has 0 spiro atoms. The zero-order valence-corrected chi connectivity index (χ0v) is 71.1. The molecular formula is C15H19B103ClN2O. The molecule has 1 atom stereocenters. The molecule has 0 aliphatic heterocycles. The maximum absolute atomic E-state index is 10.5. The SMILES string of the molecule is OC(CC1CCCCC1)c1cc(Cl)cn2cncc12.[B][B]B([B])B(B([B])[B])B(B(B(B([B])[B])B([B])[B])B(B([B])[B])B([B])[B])B(B(B(B([B])[B])B([B])[B])B(B([B])[B])B([B])[B])B(B(B(B(B([B])[B])B([B])[B])B(B([B])[B])B([B])[B])B(B(B([B])[B])B([B])[B])B(B([B])[B])B([B])[B])B(B(B(B([B])[B])B([B])[B])B(B([B])[B])B([B])[B])B(B(B([B])[B])B([B])[B])B(B([B])[B])B([B])[B]. The lowest BCUT2D eigenvalue weighted by Crippen LogP contribution is -3.01. The molecule has 1 aliphatic carbocycles. The zero-order chi connectivity index (χ0) is 94.8. The van der Waals surface area contributed by atoms with E-state index in [0.29, 0.717) is 10.9 Å². The van der Waals surface area contributed by atoms with E-state index in [-0.39, 0.29) is 0 Å². The van der Waals surface area contributed by atoms with Gasteiger partial charge in [0.2, 0.25) is 0 Å². The summed E-state index contributed by atoms with van der Waals surface area (Å²) in [5.74, 6) is 0.644. The molecule has 2 aromatic rings. The van der Waals surface area contributed by atoms with E-state index in [0.717, 1.165) is 24.6 Å². The van der Waals surface area contributed by atoms with Crippen LogP contribution in [0.5, 0.6) is 0 Å². The van der Waals surface area contributed by atoms with Crippen LogP contribution in [0.25, 0.3) is 5.52 Å². The summed E-state index contributed by atoms with van der Waals surface area (Å²) in [7, 11) is 373. The van der Waals surface area contributed by atoms with Gasteiger partial charge in [0.05, 0.1) is 29.2 Å². The number of aromatic nitrogens is 2. The predicted octanol–water partition coefficient (Wildman–Crippen LogP) is -35.2. The minimum absolute atomic E-state index is 0.444. The van der Waals surface area contributed by atoms with Gasteiger partial charge in [-0.05, 0) is 18.4 Å². The summed E-state index contributed by atoms with van der Waals surface area (Å²) < 4.78 is 1.88. The number of rotatable bonds is 53. The van der Waals surface area contributed by atoms with E-state index in [9.17, 15) is 5.11 Å². The lowest BCUT2D eigenvalue weighted by Gasteiger charge is -2.63. The smallest absolute Gasteiger partial charge is 0.0992 e. The van der Waals surface area contributed by atoms with Gasteiger partial charge in [0.1, 0.15) is 0 Å². The molecule has 1 saturated carbocycles. The second-order valence-electron chi connectivity index (χ2n) is 34.6. The summed E-state index contributed by atoms with van der Waals surface area (Å²) in [4.78, 5) is 4.13. The number of halogens is 1. The van der Waals surface area contributed by atoms with Crippen molar-refractivity contribution in [3.8, 4) is 0 Å². The second-order valence-corrected chi connectivity index (χ2v) is 35.1. The summed E-state index contributed by atoms with van der Waals surface area (Å²) in [6, 6.07) is 1.87. The van der Waals surface area contributed by atoms with E-state index in [1.165, 1.54) is 32.1 Å². The lowest BCUT2D eigenvalue weighted by atomic mass is 8.18. The average Bonchev–Trinajstić information content (AvgIpc) is 0.745. The molecule has 3 nitrogen and oxygen atoms in total. The summed E-state index contributed by atoms with van der Waals surface area (Å²) in [5, 5.41) is 11.2. The Labute approximate surface area is 837 Å². The number of fused-ring (bicyclic) bond motifs is 1. The minimum Gasteiger partial charge on any atom is -0.388 e. The second kappa shape index (κ2) is 58.0. The van der Waals surface area contributed by atoms with Gasteiger partial charge in [-0.2, -0.15) is 0 Å². The largest absolute Gasteiger partial charge is 0.388 e. The van der Waals surface area contributed by atoms with Crippen molar-refractivity contribution in [3.05, 3.63) is 35.4 Å². The summed E-state index contributed by atoms with van der Waals surface area (Å²) >= 11 is 6.11. The first-order chi connectivity index (χ1) is 56.1. The van der Waals surface area contributed by atoms with Crippen molar-refractivity contribution in [1.82, 2.24) is 9.38 Å². The molecule has 0 amide bonds. The van der Waals surface area contributed by atoms with Crippen LogP contribution in [-0.4, -0.2) is 743 Å². The molecule has 1 unspecified atom stereocenters. The van der Waals surface area contributed by atoms with Crippen LogP contribution in [0.1, 0.15) is 50.2 Å². The Morgan fingerprint density at radius 2 is 0.459 bits per heavy atom. The normalized spacial score (nSPS) is 11.2. The maximum Gasteiger partial charge on any atom is 0.0992 e. The fraction of sp³-hybridized carbons (Fsp3) is 0.533. The summed E-state index contributed by atoms with van der Waals surface area (Å²) in [6.45, 7) is 0. The third-order valence-corrected chi connectivity index (χ3v) is 26.4. The first kappa shape index (κ1) is 124. The highest BCUT2D eigenvalue weighted by Crippen LogP contribution is 2.35. The van der Waals surface area contributed by atoms with Crippen molar-refractivity contribution in [2.45, 2.75) is 44.6 Å². The van der Waals surface area contributed by atoms with Gasteiger partial charge in [0.15, 0.2) is 0 Å². The fourth-order valence-electron chi connectivity index (χ4n) is 21.8. The molecule has 2 aromatic heterocycles. The van der Waals surface area contributed by atoms with E-state index in [4.69, 9.17) is 414 Å². The lowest BCUT2D eigenvalue weighted by molar-refractivity contribution is 0.132. The fourth-order valence-corrected chi connectivity index (χ4v) is 22.0. The monoisotopic (exact) mass is 1410 g/mol. The van der Waals surface area contributed by atoms with Gasteiger partial charge in [-0.1, -0.05) is 43.7 Å². The number of imidazole rings is 1. The first-order valence-electron chi connectivity index (χ1n) is 41.0. The molecule has 105 radical (unpaired) electrons. The molecule has 122 heavy (non-hydrogen) atoms. The van der Waals surface area contributed by atoms with Crippen LogP contribution in [0, 0.1) is 5.92 Å². The van der Waals surface area contributed by atoms with Crippen LogP contribution >= 0.6 is 11.6 Å². The van der Waals surface area contributed by atoms with Crippen LogP contribution in [0.3, 0.4) is 0 Å².